The molecule has 1 radical (unpaired) electrons. The molecule has 0 saturated heterocycles. The molecule has 1 aromatic heterocycles. The summed E-state index contributed by atoms with van der Waals surface area (Å²) in [7, 11) is 0. The second-order valence-electron chi connectivity index (χ2n) is 1.43. The maximum absolute atomic E-state index is 10.2. The Morgan fingerprint density at radius 3 is 2.27 bits per heavy atom. The van der Waals surface area contributed by atoms with E-state index in [9.17, 15) is 10.1 Å². The third-order valence-electron chi connectivity index (χ3n) is 0.822. The number of nitro groups is 1. The van der Waals surface area contributed by atoms with Crippen LogP contribution in [0.4, 0.5) is 5.82 Å². The Balaban J connectivity index is 0.000001000. The van der Waals surface area contributed by atoms with Crippen molar-refractivity contribution in [1.29, 1.82) is 0 Å². The van der Waals surface area contributed by atoms with Gasteiger partial charge >= 0.3 is 5.82 Å². The van der Waals surface area contributed by atoms with Gasteiger partial charge in [-0.1, -0.05) is 0 Å². The minimum atomic E-state index is -0.513. The number of nitrogens with zero attached hydrogens (tertiary/aromatic N) is 2. The first kappa shape index (κ1) is 12.1. The molecule has 1 rings (SSSR count). The van der Waals surface area contributed by atoms with Gasteiger partial charge in [-0.25, -0.2) is 0 Å². The van der Waals surface area contributed by atoms with Crippen LogP contribution in [0.25, 0.3) is 0 Å². The van der Waals surface area contributed by atoms with E-state index in [0.717, 1.165) is 0 Å². The molecule has 0 aliphatic heterocycles. The van der Waals surface area contributed by atoms with Gasteiger partial charge in [0.05, 0.1) is 5.10 Å². The van der Waals surface area contributed by atoms with E-state index in [1.165, 1.54) is 0 Å². The molecule has 1 heterocycles. The summed E-state index contributed by atoms with van der Waals surface area (Å²) in [5, 5.41) is 16.1. The second-order valence-corrected chi connectivity index (χ2v) is 3.59. The second kappa shape index (κ2) is 4.94. The molecule has 1 aromatic rings. The number of hydrogen-bond acceptors (Lipinski definition) is 3. The zero-order valence-corrected chi connectivity index (χ0v) is 11.8. The van der Waals surface area contributed by atoms with E-state index in [1.54, 1.807) is 0 Å². The summed E-state index contributed by atoms with van der Waals surface area (Å²) in [6.07, 6.45) is 0. The Bertz CT molecular complexity index is 276. The number of rotatable bonds is 1. The third kappa shape index (κ3) is 2.79. The number of aromatic amines is 1. The van der Waals surface area contributed by atoms with Crippen molar-refractivity contribution >= 4 is 80.6 Å². The van der Waals surface area contributed by atoms with Crippen LogP contribution in [0.5, 0.6) is 0 Å². The normalized spacial score (nSPS) is 8.91. The molecule has 0 aliphatic carbocycles. The monoisotopic (exact) mass is 388 g/mol. The summed E-state index contributed by atoms with van der Waals surface area (Å²) in [4.78, 5) is 9.64. The van der Waals surface area contributed by atoms with Gasteiger partial charge in [0.15, 0.2) is 0 Å². The number of nitrogens with one attached hydrogen (secondary N) is 1. The van der Waals surface area contributed by atoms with Crippen molar-refractivity contribution in [2.45, 2.75) is 0 Å². The van der Waals surface area contributed by atoms with Crippen molar-refractivity contribution in [3.63, 3.8) is 0 Å². The van der Waals surface area contributed by atoms with Crippen LogP contribution in [-0.2, 0) is 0 Å². The molecule has 0 spiro atoms. The van der Waals surface area contributed by atoms with Gasteiger partial charge in [0.2, 0.25) is 0 Å². The minimum absolute atomic E-state index is 0. The van der Waals surface area contributed by atoms with E-state index in [2.05, 4.69) is 10.2 Å². The van der Waals surface area contributed by atoms with Gasteiger partial charge in [0.25, 0.3) is 0 Å². The average molecular weight is 388 g/mol. The molecule has 0 bridgehead atoms. The van der Waals surface area contributed by atoms with Crippen molar-refractivity contribution in [3.8, 4) is 0 Å². The molecule has 55 valence electrons. The van der Waals surface area contributed by atoms with Gasteiger partial charge in [-0.2, -0.15) is 5.10 Å². The number of aromatic nitrogens is 2. The van der Waals surface area contributed by atoms with Crippen molar-refractivity contribution in [1.82, 2.24) is 10.2 Å². The fourth-order valence-electron chi connectivity index (χ4n) is 0.419. The van der Waals surface area contributed by atoms with Crippen molar-refractivity contribution in [2.75, 3.05) is 0 Å². The van der Waals surface area contributed by atoms with E-state index in [0.29, 0.717) is 7.27 Å². The Morgan fingerprint density at radius 2 is 2.09 bits per heavy atom. The molecule has 0 unspecified atom stereocenters. The van der Waals surface area contributed by atoms with E-state index in [4.69, 9.17) is 0 Å². The van der Waals surface area contributed by atoms with Crippen molar-refractivity contribution in [2.24, 2.45) is 0 Å². The topological polar surface area (TPSA) is 71.8 Å². The zero-order valence-electron chi connectivity index (χ0n) is 5.47. The molecule has 0 fully saturated rings. The standard InChI is InChI=1S/C3HI2N3O2.Na/c4-1-2(5)6-7-3(1)8(9)10;/h(H,6,7);. The number of hydrogen-bond donors (Lipinski definition) is 1. The minimum Gasteiger partial charge on any atom is -0.358 e. The molecule has 5 nitrogen and oxygen atoms in total. The van der Waals surface area contributed by atoms with Crippen LogP contribution < -0.4 is 0 Å². The van der Waals surface area contributed by atoms with Crippen molar-refractivity contribution in [3.05, 3.63) is 17.4 Å². The van der Waals surface area contributed by atoms with Crippen LogP contribution in [0.1, 0.15) is 0 Å². The van der Waals surface area contributed by atoms with Crippen LogP contribution in [0.15, 0.2) is 0 Å². The first-order valence-electron chi connectivity index (χ1n) is 2.16. The Morgan fingerprint density at radius 1 is 1.55 bits per heavy atom. The quantitative estimate of drug-likeness (QED) is 0.340. The van der Waals surface area contributed by atoms with E-state index in [1.807, 2.05) is 45.2 Å². The fraction of sp³-hybridized carbons (Fsp3) is 0. The van der Waals surface area contributed by atoms with Gasteiger partial charge < -0.3 is 10.1 Å². The van der Waals surface area contributed by atoms with Gasteiger partial charge in [-0.3, -0.25) is 0 Å². The molecule has 0 atom stereocenters. The van der Waals surface area contributed by atoms with Crippen LogP contribution in [0.3, 0.4) is 0 Å². The predicted molar refractivity (Wildman–Crippen MR) is 56.4 cm³/mol. The van der Waals surface area contributed by atoms with Gasteiger partial charge in [-0.15, -0.1) is 0 Å². The first-order valence-corrected chi connectivity index (χ1v) is 4.32. The Kier molecular flexibility index (Phi) is 5.42. The third-order valence-corrected chi connectivity index (χ3v) is 3.66. The van der Waals surface area contributed by atoms with Gasteiger partial charge in [0.1, 0.15) is 7.27 Å². The number of halogens is 2. The summed E-state index contributed by atoms with van der Waals surface area (Å²) in [6.45, 7) is 0. The molecule has 0 aliphatic rings. The Labute approximate surface area is 111 Å². The zero-order chi connectivity index (χ0) is 7.72. The molecular formula is C3HI2N3NaO2. The van der Waals surface area contributed by atoms with E-state index >= 15 is 0 Å². The molecule has 8 heteroatoms. The fourth-order valence-corrected chi connectivity index (χ4v) is 1.22. The predicted octanol–water partition coefficient (Wildman–Crippen LogP) is 1.15. The molecule has 1 N–H and O–H groups in total. The van der Waals surface area contributed by atoms with Crippen LogP contribution in [0, 0.1) is 17.4 Å². The molecular weight excluding hydrogens is 387 g/mol. The maximum atomic E-state index is 10.2. The largest absolute Gasteiger partial charge is 0.404 e. The van der Waals surface area contributed by atoms with Crippen LogP contribution >= 0.6 is 45.2 Å². The summed E-state index contributed by atoms with van der Waals surface area (Å²) in [6, 6.07) is 0. The summed E-state index contributed by atoms with van der Waals surface area (Å²) >= 11 is 3.82. The van der Waals surface area contributed by atoms with Crippen molar-refractivity contribution < 1.29 is 4.92 Å². The summed E-state index contributed by atoms with van der Waals surface area (Å²) in [5.74, 6) is -0.106. The van der Waals surface area contributed by atoms with Gasteiger partial charge in [0, 0.05) is 29.6 Å². The molecule has 0 saturated carbocycles. The summed E-state index contributed by atoms with van der Waals surface area (Å²) < 4.78 is 1.26. The SMILES string of the molecule is O=[N+]([O-])c1n[nH]c(I)c1I.[Na]. The maximum Gasteiger partial charge on any atom is 0.404 e. The molecule has 11 heavy (non-hydrogen) atoms. The molecule has 0 amide bonds. The van der Waals surface area contributed by atoms with E-state index in [-0.39, 0.29) is 35.4 Å². The first-order chi connectivity index (χ1) is 4.63. The average Bonchev–Trinajstić information content (AvgIpc) is 2.14. The van der Waals surface area contributed by atoms with E-state index < -0.39 is 4.92 Å². The summed E-state index contributed by atoms with van der Waals surface area (Å²) in [5.41, 5.74) is 0. The molecule has 0 aromatic carbocycles. The van der Waals surface area contributed by atoms with Crippen LogP contribution in [0.2, 0.25) is 0 Å². The van der Waals surface area contributed by atoms with Gasteiger partial charge in [-0.05, 0) is 50.1 Å². The number of H-pyrrole nitrogens is 1. The van der Waals surface area contributed by atoms with Crippen LogP contribution in [-0.4, -0.2) is 44.7 Å². The Hall–Kier alpha value is 1.07. The smallest absolute Gasteiger partial charge is 0.358 e.